The van der Waals surface area contributed by atoms with Crippen LogP contribution in [0.3, 0.4) is 0 Å². The fourth-order valence-corrected chi connectivity index (χ4v) is 2.98. The molecular weight excluding hydrogens is 294 g/mol. The number of pyridine rings is 1. The predicted octanol–water partition coefficient (Wildman–Crippen LogP) is 0.528. The van der Waals surface area contributed by atoms with Crippen LogP contribution in [0, 0.1) is 0 Å². The molecule has 2 aromatic rings. The zero-order valence-corrected chi connectivity index (χ0v) is 13.4. The Morgan fingerprint density at radius 1 is 1.39 bits per heavy atom. The van der Waals surface area contributed by atoms with Crippen LogP contribution < -0.4 is 4.90 Å². The number of likely N-dealkylation sites (N-methyl/N-ethyl adjacent to an activating group) is 1. The van der Waals surface area contributed by atoms with Gasteiger partial charge in [0.1, 0.15) is 11.4 Å². The quantitative estimate of drug-likeness (QED) is 0.891. The Hall–Kier alpha value is -2.41. The van der Waals surface area contributed by atoms with E-state index < -0.39 is 5.60 Å². The first-order chi connectivity index (χ1) is 11.0. The molecule has 122 valence electrons. The first kappa shape index (κ1) is 15.5. The molecule has 3 heterocycles. The Kier molecular flexibility index (Phi) is 4.04. The number of aryl methyl sites for hydroxylation is 1. The van der Waals surface area contributed by atoms with E-state index in [1.54, 1.807) is 37.3 Å². The highest BCUT2D eigenvalue weighted by molar-refractivity contribution is 5.90. The zero-order chi connectivity index (χ0) is 16.4. The van der Waals surface area contributed by atoms with Gasteiger partial charge >= 0.3 is 0 Å². The molecule has 1 fully saturated rings. The second-order valence-electron chi connectivity index (χ2n) is 6.11. The molecule has 7 nitrogen and oxygen atoms in total. The lowest BCUT2D eigenvalue weighted by Crippen LogP contribution is -2.46. The molecule has 1 saturated heterocycles. The lowest BCUT2D eigenvalue weighted by Gasteiger charge is -2.29. The number of aliphatic hydroxyl groups is 1. The van der Waals surface area contributed by atoms with Crippen molar-refractivity contribution in [2.24, 2.45) is 7.05 Å². The smallest absolute Gasteiger partial charge is 0.289 e. The van der Waals surface area contributed by atoms with E-state index in [9.17, 15) is 9.90 Å². The molecule has 3 rings (SSSR count). The summed E-state index contributed by atoms with van der Waals surface area (Å²) in [6.45, 7) is 1.45. The van der Waals surface area contributed by atoms with Crippen molar-refractivity contribution in [2.75, 3.05) is 31.6 Å². The van der Waals surface area contributed by atoms with Crippen LogP contribution in [-0.4, -0.2) is 62.7 Å². The molecule has 7 heteroatoms. The molecule has 0 bridgehead atoms. The monoisotopic (exact) mass is 315 g/mol. The number of hydrogen-bond acceptors (Lipinski definition) is 5. The number of nitrogens with zero attached hydrogens (tertiary/aromatic N) is 5. The molecule has 1 aliphatic heterocycles. The maximum absolute atomic E-state index is 12.4. The van der Waals surface area contributed by atoms with Crippen molar-refractivity contribution in [3.8, 4) is 0 Å². The number of β-amino-alcohol motifs (C(OH)–C–C–N with tert-alkyl or cyclic N) is 1. The van der Waals surface area contributed by atoms with Crippen molar-refractivity contribution in [2.45, 2.75) is 12.0 Å². The van der Waals surface area contributed by atoms with Crippen molar-refractivity contribution >= 4 is 11.7 Å². The van der Waals surface area contributed by atoms with Gasteiger partial charge in [-0.15, -0.1) is 0 Å². The third-order valence-corrected chi connectivity index (χ3v) is 4.20. The van der Waals surface area contributed by atoms with E-state index >= 15 is 0 Å². The number of imidazole rings is 1. The number of aromatic nitrogens is 3. The van der Waals surface area contributed by atoms with Crippen molar-refractivity contribution < 1.29 is 9.90 Å². The van der Waals surface area contributed by atoms with E-state index in [1.165, 1.54) is 4.90 Å². The van der Waals surface area contributed by atoms with E-state index in [1.807, 2.05) is 23.1 Å². The predicted molar refractivity (Wildman–Crippen MR) is 86.2 cm³/mol. The molecular formula is C16H21N5O2. The molecule has 1 N–H and O–H groups in total. The van der Waals surface area contributed by atoms with Crippen molar-refractivity contribution in [1.82, 2.24) is 19.4 Å². The maximum Gasteiger partial charge on any atom is 0.289 e. The molecule has 0 aromatic carbocycles. The molecule has 0 unspecified atom stereocenters. The molecule has 2 aromatic heterocycles. The normalized spacial score (nSPS) is 20.7. The van der Waals surface area contributed by atoms with E-state index in [2.05, 4.69) is 9.97 Å². The molecule has 0 radical (unpaired) electrons. The first-order valence-corrected chi connectivity index (χ1v) is 7.60. The van der Waals surface area contributed by atoms with Gasteiger partial charge in [0.15, 0.2) is 5.82 Å². The maximum atomic E-state index is 12.4. The second kappa shape index (κ2) is 6.00. The van der Waals surface area contributed by atoms with Gasteiger partial charge in [-0.25, -0.2) is 9.97 Å². The molecule has 0 saturated carbocycles. The van der Waals surface area contributed by atoms with Crippen LogP contribution in [0.1, 0.15) is 17.0 Å². The lowest BCUT2D eigenvalue weighted by atomic mass is 10.0. The van der Waals surface area contributed by atoms with Gasteiger partial charge in [-0.1, -0.05) is 6.07 Å². The number of carbonyl (C=O) groups excluding carboxylic acids is 1. The van der Waals surface area contributed by atoms with E-state index in [4.69, 9.17) is 0 Å². The highest BCUT2D eigenvalue weighted by Gasteiger charge is 2.38. The summed E-state index contributed by atoms with van der Waals surface area (Å²) >= 11 is 0. The van der Waals surface area contributed by atoms with Crippen LogP contribution in [0.2, 0.25) is 0 Å². The Bertz CT molecular complexity index is 687. The Morgan fingerprint density at radius 3 is 2.87 bits per heavy atom. The van der Waals surface area contributed by atoms with Crippen molar-refractivity contribution in [3.05, 3.63) is 42.6 Å². The molecule has 0 aliphatic carbocycles. The Balaban J connectivity index is 1.66. The second-order valence-corrected chi connectivity index (χ2v) is 6.11. The van der Waals surface area contributed by atoms with Gasteiger partial charge in [0.05, 0.1) is 6.54 Å². The van der Waals surface area contributed by atoms with Crippen LogP contribution in [0.25, 0.3) is 0 Å². The van der Waals surface area contributed by atoms with Crippen LogP contribution >= 0.6 is 0 Å². The average Bonchev–Trinajstić information content (AvgIpc) is 3.13. The van der Waals surface area contributed by atoms with Gasteiger partial charge in [-0.3, -0.25) is 4.79 Å². The third-order valence-electron chi connectivity index (χ3n) is 4.20. The van der Waals surface area contributed by atoms with E-state index in [0.29, 0.717) is 18.8 Å². The number of hydrogen-bond donors (Lipinski definition) is 1. The number of amides is 1. The van der Waals surface area contributed by atoms with Crippen LogP contribution in [0.5, 0.6) is 0 Å². The SMILES string of the molecule is CN(C[C@]1(O)CCN(c2ccccn2)C1)C(=O)c1nccn1C. The summed E-state index contributed by atoms with van der Waals surface area (Å²) in [5.41, 5.74) is -0.937. The van der Waals surface area contributed by atoms with Gasteiger partial charge in [0.25, 0.3) is 5.91 Å². The minimum absolute atomic E-state index is 0.192. The topological polar surface area (TPSA) is 74.5 Å². The fourth-order valence-electron chi connectivity index (χ4n) is 2.98. The highest BCUT2D eigenvalue weighted by atomic mass is 16.3. The molecule has 1 amide bonds. The largest absolute Gasteiger partial charge is 0.386 e. The van der Waals surface area contributed by atoms with E-state index in [0.717, 1.165) is 12.4 Å². The molecule has 0 spiro atoms. The van der Waals surface area contributed by atoms with Crippen LogP contribution in [0.4, 0.5) is 5.82 Å². The summed E-state index contributed by atoms with van der Waals surface area (Å²) in [5, 5.41) is 10.8. The summed E-state index contributed by atoms with van der Waals surface area (Å²) in [7, 11) is 3.47. The van der Waals surface area contributed by atoms with Gasteiger partial charge in [0, 0.05) is 45.8 Å². The number of anilines is 1. The standard InChI is InChI=1S/C16H21N5O2/c1-19-10-8-18-14(19)15(22)20(2)11-16(23)6-9-21(12-16)13-5-3-4-7-17-13/h3-5,7-8,10,23H,6,9,11-12H2,1-2H3/t16-/m1/s1. The zero-order valence-electron chi connectivity index (χ0n) is 13.4. The molecule has 1 aliphatic rings. The van der Waals surface area contributed by atoms with Gasteiger partial charge in [0.2, 0.25) is 0 Å². The summed E-state index contributed by atoms with van der Waals surface area (Å²) in [5.74, 6) is 1.03. The highest BCUT2D eigenvalue weighted by Crippen LogP contribution is 2.26. The summed E-state index contributed by atoms with van der Waals surface area (Å²) < 4.78 is 1.68. The first-order valence-electron chi connectivity index (χ1n) is 7.60. The fraction of sp³-hybridized carbons (Fsp3) is 0.438. The molecule has 23 heavy (non-hydrogen) atoms. The number of rotatable bonds is 4. The Morgan fingerprint density at radius 2 is 2.22 bits per heavy atom. The van der Waals surface area contributed by atoms with Gasteiger partial charge in [-0.2, -0.15) is 0 Å². The third kappa shape index (κ3) is 3.19. The van der Waals surface area contributed by atoms with Crippen molar-refractivity contribution in [1.29, 1.82) is 0 Å². The lowest BCUT2D eigenvalue weighted by molar-refractivity contribution is 0.0257. The summed E-state index contributed by atoms with van der Waals surface area (Å²) in [4.78, 5) is 24.4. The van der Waals surface area contributed by atoms with Gasteiger partial charge < -0.3 is 19.5 Å². The van der Waals surface area contributed by atoms with Crippen LogP contribution in [0.15, 0.2) is 36.8 Å². The molecule has 1 atom stereocenters. The summed E-state index contributed by atoms with van der Waals surface area (Å²) in [6, 6.07) is 5.72. The number of carbonyl (C=O) groups is 1. The average molecular weight is 315 g/mol. The minimum Gasteiger partial charge on any atom is -0.386 e. The Labute approximate surface area is 135 Å². The minimum atomic E-state index is -0.937. The van der Waals surface area contributed by atoms with Crippen LogP contribution in [-0.2, 0) is 7.05 Å². The van der Waals surface area contributed by atoms with E-state index in [-0.39, 0.29) is 12.5 Å². The van der Waals surface area contributed by atoms with Gasteiger partial charge in [-0.05, 0) is 18.6 Å². The van der Waals surface area contributed by atoms with Crippen molar-refractivity contribution in [3.63, 3.8) is 0 Å². The summed E-state index contributed by atoms with van der Waals surface area (Å²) in [6.07, 6.45) is 5.66.